The number of hydrogen-bond acceptors (Lipinski definition) is 3. The van der Waals surface area contributed by atoms with Crippen LogP contribution in [0.1, 0.15) is 65.5 Å². The number of nitrogens with zero attached hydrogens (tertiary/aromatic N) is 2. The van der Waals surface area contributed by atoms with E-state index < -0.39 is 8.32 Å². The molecule has 180 valence electrons. The van der Waals surface area contributed by atoms with Gasteiger partial charge >= 0.3 is 0 Å². The van der Waals surface area contributed by atoms with Crippen LogP contribution in [0, 0.1) is 5.92 Å². The molecule has 0 aliphatic carbocycles. The molecule has 2 rings (SSSR count). The Kier molecular flexibility index (Phi) is 10.0. The van der Waals surface area contributed by atoms with Crippen LogP contribution < -0.4 is 0 Å². The van der Waals surface area contributed by atoms with Crippen LogP contribution in [-0.2, 0) is 15.8 Å². The third-order valence-electron chi connectivity index (χ3n) is 6.85. The van der Waals surface area contributed by atoms with Crippen molar-refractivity contribution in [1.82, 2.24) is 4.90 Å². The van der Waals surface area contributed by atoms with Gasteiger partial charge in [0, 0.05) is 28.5 Å². The van der Waals surface area contributed by atoms with Crippen LogP contribution >= 0.6 is 22.6 Å². The minimum Gasteiger partial charge on any atom is -0.413 e. The predicted molar refractivity (Wildman–Crippen MR) is 148 cm³/mol. The Morgan fingerprint density at radius 1 is 1.25 bits per heavy atom. The Bertz CT molecular complexity index is 814. The van der Waals surface area contributed by atoms with Gasteiger partial charge in [-0.2, -0.15) is 0 Å². The van der Waals surface area contributed by atoms with Gasteiger partial charge in [-0.25, -0.2) is 0 Å². The Morgan fingerprint density at radius 3 is 2.50 bits per heavy atom. The molecule has 0 unspecified atom stereocenters. The molecule has 1 aromatic carbocycles. The molecule has 1 heterocycles. The first kappa shape index (κ1) is 27.5. The maximum atomic E-state index is 6.63. The van der Waals surface area contributed by atoms with Gasteiger partial charge in [-0.15, -0.1) is 0 Å². The van der Waals surface area contributed by atoms with Crippen LogP contribution in [0.3, 0.4) is 0 Å². The fourth-order valence-corrected chi connectivity index (χ4v) is 4.98. The van der Waals surface area contributed by atoms with Gasteiger partial charge in [-0.05, 0) is 72.0 Å². The van der Waals surface area contributed by atoms with Crippen molar-refractivity contribution in [2.75, 3.05) is 13.7 Å². The van der Waals surface area contributed by atoms with Crippen molar-refractivity contribution in [2.45, 2.75) is 91.2 Å². The highest BCUT2D eigenvalue weighted by molar-refractivity contribution is 14.1. The largest absolute Gasteiger partial charge is 0.413 e. The fraction of sp³-hybridized carbons (Fsp3) is 0.654. The van der Waals surface area contributed by atoms with Crippen molar-refractivity contribution in [3.63, 3.8) is 0 Å². The molecule has 32 heavy (non-hydrogen) atoms. The van der Waals surface area contributed by atoms with E-state index in [0.29, 0.717) is 25.2 Å². The third kappa shape index (κ3) is 7.15. The van der Waals surface area contributed by atoms with Crippen molar-refractivity contribution in [1.29, 1.82) is 0 Å². The highest BCUT2D eigenvalue weighted by Crippen LogP contribution is 2.37. The number of methoxy groups -OCH3 is 1. The second kappa shape index (κ2) is 11.6. The van der Waals surface area contributed by atoms with Crippen molar-refractivity contribution < 1.29 is 9.16 Å². The standard InChI is InChI=1S/C26H43IN2O2Si/c1-19(2)24(18-30-7)28-25(29-16-22(27)15-14-20(29)3)23-13-11-10-12-21(23)17-31-32(8,9)26(4,5)6/h10-13,16,19-20,24H,14-15,17-18H2,1-9H3/t20-,24-/m1/s1. The van der Waals surface area contributed by atoms with Crippen LogP contribution in [0.5, 0.6) is 0 Å². The minimum atomic E-state index is -1.86. The van der Waals surface area contributed by atoms with E-state index in [0.717, 1.165) is 18.7 Å². The van der Waals surface area contributed by atoms with E-state index in [4.69, 9.17) is 14.2 Å². The average molecular weight is 571 g/mol. The van der Waals surface area contributed by atoms with Crippen molar-refractivity contribution in [2.24, 2.45) is 10.9 Å². The van der Waals surface area contributed by atoms with Gasteiger partial charge in [0.2, 0.25) is 0 Å². The predicted octanol–water partition coefficient (Wildman–Crippen LogP) is 7.39. The molecule has 0 fully saturated rings. The molecule has 1 aliphatic rings. The minimum absolute atomic E-state index is 0.101. The SMILES string of the molecule is COC[C@@H](N=C(c1ccccc1CO[Si](C)(C)C(C)(C)C)N1C=C(I)CC[C@H]1C)C(C)C. The summed E-state index contributed by atoms with van der Waals surface area (Å²) in [5.74, 6) is 1.43. The Balaban J connectivity index is 2.54. The number of allylic oxidation sites excluding steroid dienone is 1. The highest BCUT2D eigenvalue weighted by atomic mass is 127. The first-order valence-corrected chi connectivity index (χ1v) is 15.8. The number of ether oxygens (including phenoxy) is 1. The molecule has 1 aromatic rings. The van der Waals surface area contributed by atoms with Crippen LogP contribution in [0.4, 0.5) is 0 Å². The Hall–Kier alpha value is -0.703. The number of aliphatic imine (C=N–C) groups is 1. The summed E-state index contributed by atoms with van der Waals surface area (Å²) in [5.41, 5.74) is 2.37. The summed E-state index contributed by atoms with van der Waals surface area (Å²) in [6, 6.07) is 9.13. The summed E-state index contributed by atoms with van der Waals surface area (Å²) in [4.78, 5) is 7.70. The van der Waals surface area contributed by atoms with Gasteiger partial charge in [-0.1, -0.05) is 58.9 Å². The smallest absolute Gasteiger partial charge is 0.192 e. The monoisotopic (exact) mass is 570 g/mol. The van der Waals surface area contributed by atoms with E-state index in [1.807, 2.05) is 0 Å². The van der Waals surface area contributed by atoms with E-state index in [2.05, 4.69) is 113 Å². The quantitative estimate of drug-likeness (QED) is 0.142. The molecule has 0 saturated carbocycles. The summed E-state index contributed by atoms with van der Waals surface area (Å²) in [6.45, 7) is 19.5. The van der Waals surface area contributed by atoms with Crippen LogP contribution in [0.2, 0.25) is 18.1 Å². The maximum Gasteiger partial charge on any atom is 0.192 e. The molecule has 0 N–H and O–H groups in total. The molecule has 6 heteroatoms. The number of rotatable bonds is 8. The highest BCUT2D eigenvalue weighted by Gasteiger charge is 2.37. The summed E-state index contributed by atoms with van der Waals surface area (Å²) >= 11 is 2.46. The Labute approximate surface area is 211 Å². The zero-order valence-corrected chi connectivity index (χ0v) is 24.7. The molecule has 2 atom stereocenters. The summed E-state index contributed by atoms with van der Waals surface area (Å²) < 4.78 is 13.5. The second-order valence-electron chi connectivity index (χ2n) is 10.8. The van der Waals surface area contributed by atoms with Crippen molar-refractivity contribution in [3.8, 4) is 0 Å². The van der Waals surface area contributed by atoms with Crippen LogP contribution in [-0.4, -0.2) is 44.9 Å². The van der Waals surface area contributed by atoms with E-state index in [9.17, 15) is 0 Å². The van der Waals surface area contributed by atoms with Gasteiger partial charge in [0.1, 0.15) is 5.84 Å². The molecular weight excluding hydrogens is 527 g/mol. The van der Waals surface area contributed by atoms with Gasteiger partial charge in [0.25, 0.3) is 0 Å². The van der Waals surface area contributed by atoms with Crippen LogP contribution in [0.15, 0.2) is 39.0 Å². The number of amidine groups is 1. The molecule has 0 radical (unpaired) electrons. The summed E-state index contributed by atoms with van der Waals surface area (Å²) in [5, 5.41) is 0.181. The molecule has 0 aromatic heterocycles. The third-order valence-corrected chi connectivity index (χ3v) is 12.1. The maximum absolute atomic E-state index is 6.63. The Morgan fingerprint density at radius 2 is 1.91 bits per heavy atom. The van der Waals surface area contributed by atoms with Gasteiger partial charge in [-0.3, -0.25) is 4.99 Å². The summed E-state index contributed by atoms with van der Waals surface area (Å²) in [7, 11) is -0.0968. The lowest BCUT2D eigenvalue weighted by Gasteiger charge is -2.37. The number of halogens is 1. The average Bonchev–Trinajstić information content (AvgIpc) is 2.71. The first-order chi connectivity index (χ1) is 14.9. The van der Waals surface area contributed by atoms with E-state index in [-0.39, 0.29) is 11.1 Å². The first-order valence-electron chi connectivity index (χ1n) is 11.8. The zero-order chi connectivity index (χ0) is 24.1. The van der Waals surface area contributed by atoms with Gasteiger partial charge in [0.05, 0.1) is 19.3 Å². The molecule has 0 spiro atoms. The molecule has 1 aliphatic heterocycles. The van der Waals surface area contributed by atoms with Gasteiger partial charge < -0.3 is 14.1 Å². The van der Waals surface area contributed by atoms with Gasteiger partial charge in [0.15, 0.2) is 8.32 Å². The fourth-order valence-electron chi connectivity index (χ4n) is 3.42. The molecular formula is C26H43IN2O2Si. The van der Waals surface area contributed by atoms with E-state index >= 15 is 0 Å². The molecule has 0 saturated heterocycles. The number of hydrogen-bond donors (Lipinski definition) is 0. The lowest BCUT2D eigenvalue weighted by atomic mass is 10.0. The molecule has 4 nitrogen and oxygen atoms in total. The lowest BCUT2D eigenvalue weighted by molar-refractivity contribution is 0.164. The van der Waals surface area contributed by atoms with Crippen molar-refractivity contribution >= 4 is 36.7 Å². The lowest BCUT2D eigenvalue weighted by Crippen LogP contribution is -2.41. The molecule has 0 amide bonds. The summed E-state index contributed by atoms with van der Waals surface area (Å²) in [6.07, 6.45) is 4.55. The normalized spacial score (nSPS) is 19.3. The van der Waals surface area contributed by atoms with E-state index in [1.165, 1.54) is 14.7 Å². The van der Waals surface area contributed by atoms with Crippen molar-refractivity contribution in [3.05, 3.63) is 45.2 Å². The number of benzene rings is 1. The second-order valence-corrected chi connectivity index (χ2v) is 17.0. The molecule has 0 bridgehead atoms. The topological polar surface area (TPSA) is 34.1 Å². The van der Waals surface area contributed by atoms with Crippen LogP contribution in [0.25, 0.3) is 0 Å². The zero-order valence-electron chi connectivity index (χ0n) is 21.5. The van der Waals surface area contributed by atoms with E-state index in [1.54, 1.807) is 7.11 Å².